The first-order chi connectivity index (χ1) is 28.4. The van der Waals surface area contributed by atoms with E-state index in [0.29, 0.717) is 0 Å². The molecule has 2 aromatic rings. The van der Waals surface area contributed by atoms with Gasteiger partial charge in [-0.3, -0.25) is 0 Å². The number of aliphatic hydroxyl groups excluding tert-OH is 5. The molecule has 3 heterocycles. The van der Waals surface area contributed by atoms with Gasteiger partial charge in [-0.2, -0.15) is 0 Å². The Morgan fingerprint density at radius 3 is 2.00 bits per heavy atom. The van der Waals surface area contributed by atoms with Crippen LogP contribution in [0.2, 0.25) is 0 Å². The molecule has 4 fully saturated rings. The monoisotopic (exact) mass is 831 g/mol. The zero-order valence-electron chi connectivity index (χ0n) is 32.5. The number of azide groups is 1. The highest BCUT2D eigenvalue weighted by molar-refractivity contribution is 5.69. The summed E-state index contributed by atoms with van der Waals surface area (Å²) in [5, 5.41) is 66.1. The lowest BCUT2D eigenvalue weighted by molar-refractivity contribution is -0.375. The molecule has 324 valence electrons. The van der Waals surface area contributed by atoms with Gasteiger partial charge in [0, 0.05) is 10.8 Å². The van der Waals surface area contributed by atoms with Crippen molar-refractivity contribution in [2.45, 2.75) is 131 Å². The second-order valence-electron chi connectivity index (χ2n) is 15.1. The third-order valence-corrected chi connectivity index (χ3v) is 11.1. The number of hydrogen-bond donors (Lipinski definition) is 9. The molecule has 6 rings (SSSR count). The number of alkyl carbamates (subject to hydrolysis) is 2. The lowest BCUT2D eigenvalue weighted by Gasteiger charge is -2.52. The van der Waals surface area contributed by atoms with Crippen LogP contribution in [0.3, 0.4) is 0 Å². The molecule has 17 atom stereocenters. The molecule has 1 aliphatic carbocycles. The van der Waals surface area contributed by atoms with Crippen molar-refractivity contribution in [3.63, 3.8) is 0 Å². The fraction of sp³-hybridized carbons (Fsp3) is 0.632. The maximum Gasteiger partial charge on any atom is 0.407 e. The highest BCUT2D eigenvalue weighted by atomic mass is 16.8. The number of hydrogen-bond acceptors (Lipinski definition) is 17. The van der Waals surface area contributed by atoms with Crippen LogP contribution in [-0.4, -0.2) is 149 Å². The minimum atomic E-state index is -1.59. The summed E-state index contributed by atoms with van der Waals surface area (Å²) in [6, 6.07) is 12.4. The Morgan fingerprint density at radius 2 is 1.42 bits per heavy atom. The molecule has 21 nitrogen and oxygen atoms in total. The second kappa shape index (κ2) is 20.4. The van der Waals surface area contributed by atoms with Crippen molar-refractivity contribution in [1.82, 2.24) is 16.0 Å². The molecule has 10 N–H and O–H groups in total. The number of carbonyl (C=O) groups is 2. The molecular formula is C38H53N7O14. The van der Waals surface area contributed by atoms with E-state index < -0.39 is 123 Å². The largest absolute Gasteiger partial charge is 0.445 e. The Kier molecular flexibility index (Phi) is 15.3. The molecule has 8 unspecified atom stereocenters. The van der Waals surface area contributed by atoms with Gasteiger partial charge >= 0.3 is 12.2 Å². The summed E-state index contributed by atoms with van der Waals surface area (Å²) in [5.74, 6) is -0.483. The van der Waals surface area contributed by atoms with Crippen molar-refractivity contribution < 1.29 is 68.3 Å². The van der Waals surface area contributed by atoms with Crippen molar-refractivity contribution in [1.29, 1.82) is 0 Å². The normalized spacial score (nSPS) is 38.2. The summed E-state index contributed by atoms with van der Waals surface area (Å²) in [4.78, 5) is 29.1. The van der Waals surface area contributed by atoms with Gasteiger partial charge in [0.2, 0.25) is 0 Å². The van der Waals surface area contributed by atoms with E-state index in [1.807, 2.05) is 12.1 Å². The first-order valence-corrected chi connectivity index (χ1v) is 19.4. The van der Waals surface area contributed by atoms with E-state index in [4.69, 9.17) is 38.9 Å². The molecule has 3 aliphatic heterocycles. The number of carbonyl (C=O) groups excluding carboxylic acids is 2. The van der Waals surface area contributed by atoms with Crippen molar-refractivity contribution in [2.24, 2.45) is 16.8 Å². The van der Waals surface area contributed by atoms with Crippen molar-refractivity contribution >= 4 is 12.2 Å². The quantitative estimate of drug-likeness (QED) is 0.0705. The van der Waals surface area contributed by atoms with E-state index in [2.05, 4.69) is 26.0 Å². The zero-order valence-corrected chi connectivity index (χ0v) is 32.5. The van der Waals surface area contributed by atoms with Crippen molar-refractivity contribution in [3.05, 3.63) is 82.2 Å². The van der Waals surface area contributed by atoms with Crippen LogP contribution in [0.25, 0.3) is 10.4 Å². The van der Waals surface area contributed by atoms with E-state index in [1.165, 1.54) is 7.05 Å². The average molecular weight is 832 g/mol. The predicted octanol–water partition coefficient (Wildman–Crippen LogP) is -0.387. The molecule has 21 heteroatoms. The van der Waals surface area contributed by atoms with Gasteiger partial charge in [0.25, 0.3) is 0 Å². The van der Waals surface area contributed by atoms with Crippen LogP contribution in [0, 0.1) is 5.92 Å². The molecule has 0 radical (unpaired) electrons. The Balaban J connectivity index is 1.17. The Bertz CT molecular complexity index is 1710. The number of ether oxygens (including phenoxy) is 7. The lowest BCUT2D eigenvalue weighted by atomic mass is 9.82. The molecular weight excluding hydrogens is 778 g/mol. The summed E-state index contributed by atoms with van der Waals surface area (Å²) in [6.07, 6.45) is -15.4. The molecule has 0 aromatic heterocycles. The third kappa shape index (κ3) is 10.6. The van der Waals surface area contributed by atoms with Gasteiger partial charge < -0.3 is 80.4 Å². The number of aliphatic hydroxyl groups is 5. The van der Waals surface area contributed by atoms with E-state index in [1.54, 1.807) is 55.5 Å². The van der Waals surface area contributed by atoms with Crippen LogP contribution in [0.4, 0.5) is 9.59 Å². The first kappa shape index (κ1) is 44.4. The molecule has 1 saturated carbocycles. The summed E-state index contributed by atoms with van der Waals surface area (Å²) < 4.78 is 41.5. The van der Waals surface area contributed by atoms with Crippen LogP contribution < -0.4 is 21.7 Å². The van der Waals surface area contributed by atoms with E-state index >= 15 is 0 Å². The van der Waals surface area contributed by atoms with Gasteiger partial charge in [0.05, 0.1) is 55.1 Å². The Labute approximate surface area is 339 Å². The zero-order chi connectivity index (χ0) is 42.2. The Hall–Kier alpha value is -4.19. The topological polar surface area (TPSA) is 311 Å². The summed E-state index contributed by atoms with van der Waals surface area (Å²) in [6.45, 7) is 1.11. The number of rotatable bonds is 13. The lowest BCUT2D eigenvalue weighted by Crippen LogP contribution is -2.69. The van der Waals surface area contributed by atoms with Crippen LogP contribution in [0.15, 0.2) is 65.8 Å². The number of benzene rings is 2. The molecule has 2 amide bonds. The minimum absolute atomic E-state index is 0.0528. The number of likely N-dealkylation sites (N-methyl/N-ethyl adjacent to an activating group) is 1. The first-order valence-electron chi connectivity index (χ1n) is 19.4. The van der Waals surface area contributed by atoms with Gasteiger partial charge in [0.1, 0.15) is 43.7 Å². The number of nitrogens with two attached hydrogens (primary N) is 1. The molecule has 59 heavy (non-hydrogen) atoms. The smallest absolute Gasteiger partial charge is 0.407 e. The molecule has 0 bridgehead atoms. The second-order valence-corrected chi connectivity index (χ2v) is 15.1. The van der Waals surface area contributed by atoms with Gasteiger partial charge in [-0.25, -0.2) is 9.59 Å². The number of fused-ring (bicyclic) bond motifs is 1. The van der Waals surface area contributed by atoms with Crippen LogP contribution in [0.1, 0.15) is 30.9 Å². The third-order valence-electron chi connectivity index (χ3n) is 11.1. The van der Waals surface area contributed by atoms with E-state index in [-0.39, 0.29) is 26.1 Å². The highest BCUT2D eigenvalue weighted by Crippen LogP contribution is 2.38. The SMILES string of the molecule is CNC1C(O[C@H]2OC(CO)[C@@H](N)[C@H](O)C2O)O[C@H]2C[C@H](C)[C@@H](O[C@@H]3C(NC(=O)OCc4ccccc4)C[C@@H](NC(=O)OCc4ccccc4)C(O)[C@H]3N=[N+]=[N-])OC2C1O. The van der Waals surface area contributed by atoms with E-state index in [9.17, 15) is 40.7 Å². The number of nitrogens with zero attached hydrogens (tertiary/aromatic N) is 3. The van der Waals surface area contributed by atoms with E-state index in [0.717, 1.165) is 11.1 Å². The maximum absolute atomic E-state index is 13.3. The molecule has 0 spiro atoms. The highest BCUT2D eigenvalue weighted by Gasteiger charge is 2.54. The van der Waals surface area contributed by atoms with Gasteiger partial charge in [-0.05, 0) is 36.5 Å². The summed E-state index contributed by atoms with van der Waals surface area (Å²) in [7, 11) is 1.54. The minimum Gasteiger partial charge on any atom is -0.445 e. The molecule has 4 aliphatic rings. The van der Waals surface area contributed by atoms with Crippen LogP contribution in [0.5, 0.6) is 0 Å². The fourth-order valence-electron chi connectivity index (χ4n) is 7.85. The predicted molar refractivity (Wildman–Crippen MR) is 202 cm³/mol. The average Bonchev–Trinajstić information content (AvgIpc) is 3.23. The van der Waals surface area contributed by atoms with Crippen molar-refractivity contribution in [2.75, 3.05) is 13.7 Å². The molecule has 2 aromatic carbocycles. The maximum atomic E-state index is 13.3. The summed E-state index contributed by atoms with van der Waals surface area (Å²) in [5.41, 5.74) is 17.0. The van der Waals surface area contributed by atoms with Gasteiger partial charge in [-0.15, -0.1) is 0 Å². The summed E-state index contributed by atoms with van der Waals surface area (Å²) >= 11 is 0. The van der Waals surface area contributed by atoms with Gasteiger partial charge in [-0.1, -0.05) is 72.7 Å². The Morgan fingerprint density at radius 1 is 0.814 bits per heavy atom. The van der Waals surface area contributed by atoms with Crippen molar-refractivity contribution in [3.8, 4) is 0 Å². The van der Waals surface area contributed by atoms with Crippen LogP contribution in [-0.2, 0) is 46.4 Å². The van der Waals surface area contributed by atoms with Crippen LogP contribution >= 0.6 is 0 Å². The fourth-order valence-corrected chi connectivity index (χ4v) is 7.85. The van der Waals surface area contributed by atoms with Gasteiger partial charge in [0.15, 0.2) is 18.9 Å². The standard InChI is InChI=1S/C38H53N7O14/c1-18-13-23-33(30(49)27(41-2)35(55-23)59-36-31(50)29(48)25(39)24(15-46)56-36)58-34(18)57-32-22(43-38(52)54-17-20-11-7-4-8-12-20)14-21(28(47)26(32)44-45-40)42-37(51)53-16-19-9-5-3-6-10-19/h3-12,18,21-36,41,46-50H,13-17,39H2,1-2H3,(H,42,51)(H,43,52)/t18-,21+,22?,23-,24?,25+,26+,27?,28?,29-,30?,31?,32+,33?,34-,35?,36+/m0/s1. The number of nitrogens with one attached hydrogen (secondary N) is 3. The number of amides is 2. The molecule has 3 saturated heterocycles.